The summed E-state index contributed by atoms with van der Waals surface area (Å²) in [5, 5.41) is 5.93. The number of fused-ring (bicyclic) bond motifs is 1. The molecule has 2 N–H and O–H groups in total. The highest BCUT2D eigenvalue weighted by Crippen LogP contribution is 2.33. The normalized spacial score (nSPS) is 16.8. The van der Waals surface area contributed by atoms with Crippen molar-refractivity contribution in [3.8, 4) is 0 Å². The summed E-state index contributed by atoms with van der Waals surface area (Å²) >= 11 is 0. The van der Waals surface area contributed by atoms with Gasteiger partial charge >= 0.3 is 0 Å². The summed E-state index contributed by atoms with van der Waals surface area (Å²) in [7, 11) is 0. The van der Waals surface area contributed by atoms with E-state index in [-0.39, 0.29) is 5.91 Å². The van der Waals surface area contributed by atoms with Crippen LogP contribution in [0.5, 0.6) is 0 Å². The molecule has 1 aromatic carbocycles. The Labute approximate surface area is 102 Å². The van der Waals surface area contributed by atoms with Crippen molar-refractivity contribution in [2.24, 2.45) is 0 Å². The predicted octanol–water partition coefficient (Wildman–Crippen LogP) is 1.22. The van der Waals surface area contributed by atoms with Gasteiger partial charge in [0, 0.05) is 19.0 Å². The lowest BCUT2D eigenvalue weighted by Crippen LogP contribution is -2.38. The second-order valence-electron chi connectivity index (χ2n) is 4.32. The lowest BCUT2D eigenvalue weighted by Gasteiger charge is -2.30. The van der Waals surface area contributed by atoms with Crippen molar-refractivity contribution in [1.82, 2.24) is 10.6 Å². The molecular formula is C14H18N2O. The first kappa shape index (κ1) is 11.9. The Kier molecular flexibility index (Phi) is 3.94. The highest BCUT2D eigenvalue weighted by molar-refractivity contribution is 5.78. The number of hydrogen-bond donors (Lipinski definition) is 2. The number of nitrogens with one attached hydrogen (secondary N) is 2. The van der Waals surface area contributed by atoms with Crippen LogP contribution in [0.25, 0.3) is 0 Å². The predicted molar refractivity (Wildman–Crippen MR) is 69.0 cm³/mol. The van der Waals surface area contributed by atoms with Gasteiger partial charge in [0.25, 0.3) is 0 Å². The summed E-state index contributed by atoms with van der Waals surface area (Å²) in [6.07, 6.45) is 2.83. The first-order chi connectivity index (χ1) is 8.31. The third-order valence-electron chi connectivity index (χ3n) is 3.08. The van der Waals surface area contributed by atoms with Gasteiger partial charge in [0.15, 0.2) is 0 Å². The molecule has 17 heavy (non-hydrogen) atoms. The molecule has 0 spiro atoms. The van der Waals surface area contributed by atoms with Crippen LogP contribution < -0.4 is 10.6 Å². The van der Waals surface area contributed by atoms with Crippen LogP contribution in [0.1, 0.15) is 17.0 Å². The summed E-state index contributed by atoms with van der Waals surface area (Å²) in [6, 6.07) is 8.41. The van der Waals surface area contributed by atoms with Crippen molar-refractivity contribution in [2.45, 2.75) is 12.3 Å². The molecule has 1 amide bonds. The first-order valence-corrected chi connectivity index (χ1v) is 5.97. The average molecular weight is 230 g/mol. The molecule has 0 saturated carbocycles. The Balaban J connectivity index is 1.70. The maximum atomic E-state index is 11.5. The van der Waals surface area contributed by atoms with Crippen molar-refractivity contribution in [3.63, 3.8) is 0 Å². The van der Waals surface area contributed by atoms with E-state index in [1.807, 2.05) is 0 Å². The fraction of sp³-hybridized carbons (Fsp3) is 0.357. The van der Waals surface area contributed by atoms with Crippen molar-refractivity contribution in [3.05, 3.63) is 48.0 Å². The van der Waals surface area contributed by atoms with E-state index in [9.17, 15) is 4.79 Å². The number of hydrogen-bond acceptors (Lipinski definition) is 2. The summed E-state index contributed by atoms with van der Waals surface area (Å²) in [6.45, 7) is 5.35. The Morgan fingerprint density at radius 3 is 3.06 bits per heavy atom. The minimum atomic E-state index is 0.0521. The zero-order chi connectivity index (χ0) is 12.1. The lowest BCUT2D eigenvalue weighted by molar-refractivity contribution is -0.120. The molecule has 90 valence electrons. The zero-order valence-corrected chi connectivity index (χ0v) is 9.91. The van der Waals surface area contributed by atoms with Gasteiger partial charge in [-0.15, -0.1) is 6.58 Å². The van der Waals surface area contributed by atoms with Gasteiger partial charge in [-0.25, -0.2) is 0 Å². The van der Waals surface area contributed by atoms with E-state index in [4.69, 9.17) is 0 Å². The zero-order valence-electron chi connectivity index (χ0n) is 9.91. The van der Waals surface area contributed by atoms with E-state index in [2.05, 4.69) is 41.5 Å². The van der Waals surface area contributed by atoms with Crippen LogP contribution in [0.4, 0.5) is 0 Å². The molecule has 1 aromatic rings. The van der Waals surface area contributed by atoms with Gasteiger partial charge in [-0.3, -0.25) is 4.79 Å². The fourth-order valence-electron chi connectivity index (χ4n) is 2.13. The smallest absolute Gasteiger partial charge is 0.233 e. The molecule has 1 atom stereocenters. The average Bonchev–Trinajstić information content (AvgIpc) is 2.31. The van der Waals surface area contributed by atoms with E-state index < -0.39 is 0 Å². The molecule has 3 nitrogen and oxygen atoms in total. The molecule has 1 aliphatic carbocycles. The third kappa shape index (κ3) is 2.94. The maximum absolute atomic E-state index is 11.5. The molecule has 1 unspecified atom stereocenters. The van der Waals surface area contributed by atoms with Crippen LogP contribution in [-0.4, -0.2) is 25.5 Å². The van der Waals surface area contributed by atoms with E-state index in [0.29, 0.717) is 19.0 Å². The van der Waals surface area contributed by atoms with Gasteiger partial charge in [0.1, 0.15) is 0 Å². The van der Waals surface area contributed by atoms with E-state index >= 15 is 0 Å². The molecule has 1 aliphatic rings. The van der Waals surface area contributed by atoms with E-state index in [0.717, 1.165) is 13.0 Å². The van der Waals surface area contributed by atoms with Crippen LogP contribution >= 0.6 is 0 Å². The molecule has 0 fully saturated rings. The molecule has 0 radical (unpaired) electrons. The maximum Gasteiger partial charge on any atom is 0.233 e. The quantitative estimate of drug-likeness (QED) is 0.570. The molecule has 3 heteroatoms. The van der Waals surface area contributed by atoms with Crippen LogP contribution in [0.3, 0.4) is 0 Å². The Hall–Kier alpha value is -1.61. The minimum absolute atomic E-state index is 0.0521. The molecule has 2 rings (SSSR count). The van der Waals surface area contributed by atoms with Crippen LogP contribution in [-0.2, 0) is 11.2 Å². The number of benzene rings is 1. The molecule has 0 heterocycles. The van der Waals surface area contributed by atoms with Crippen molar-refractivity contribution in [2.75, 3.05) is 19.6 Å². The van der Waals surface area contributed by atoms with E-state index in [1.165, 1.54) is 11.1 Å². The lowest BCUT2D eigenvalue weighted by atomic mass is 9.77. The van der Waals surface area contributed by atoms with Crippen molar-refractivity contribution in [1.29, 1.82) is 0 Å². The Bertz CT molecular complexity index is 414. The summed E-state index contributed by atoms with van der Waals surface area (Å²) in [5.41, 5.74) is 2.79. The minimum Gasteiger partial charge on any atom is -0.354 e. The van der Waals surface area contributed by atoms with Gasteiger partial charge < -0.3 is 10.6 Å². The number of carbonyl (C=O) groups is 1. The molecule has 0 saturated heterocycles. The largest absolute Gasteiger partial charge is 0.354 e. The number of carbonyl (C=O) groups excluding carboxylic acids is 1. The number of amides is 1. The Morgan fingerprint density at radius 2 is 2.29 bits per heavy atom. The summed E-state index contributed by atoms with van der Waals surface area (Å²) < 4.78 is 0. The third-order valence-corrected chi connectivity index (χ3v) is 3.08. The molecule has 0 aliphatic heterocycles. The Morgan fingerprint density at radius 1 is 1.47 bits per heavy atom. The van der Waals surface area contributed by atoms with E-state index in [1.54, 1.807) is 6.08 Å². The fourth-order valence-corrected chi connectivity index (χ4v) is 2.13. The second-order valence-corrected chi connectivity index (χ2v) is 4.32. The standard InChI is InChI=1S/C14H18N2O/c1-2-7-15-10-14(17)16-9-12-8-11-5-3-4-6-13(11)12/h2-6,12,15H,1,7-10H2,(H,16,17). The molecular weight excluding hydrogens is 212 g/mol. The van der Waals surface area contributed by atoms with Crippen LogP contribution in [0.15, 0.2) is 36.9 Å². The van der Waals surface area contributed by atoms with Crippen molar-refractivity contribution >= 4 is 5.91 Å². The van der Waals surface area contributed by atoms with Crippen LogP contribution in [0.2, 0.25) is 0 Å². The topological polar surface area (TPSA) is 41.1 Å². The monoisotopic (exact) mass is 230 g/mol. The first-order valence-electron chi connectivity index (χ1n) is 5.97. The van der Waals surface area contributed by atoms with Gasteiger partial charge in [-0.1, -0.05) is 30.3 Å². The van der Waals surface area contributed by atoms with Crippen molar-refractivity contribution < 1.29 is 4.79 Å². The highest BCUT2D eigenvalue weighted by atomic mass is 16.1. The van der Waals surface area contributed by atoms with Gasteiger partial charge in [0.2, 0.25) is 5.91 Å². The molecule has 0 bridgehead atoms. The SMILES string of the molecule is C=CCNCC(=O)NCC1Cc2ccccc21. The second kappa shape index (κ2) is 5.64. The number of rotatable bonds is 6. The van der Waals surface area contributed by atoms with Gasteiger partial charge in [0.05, 0.1) is 6.54 Å². The summed E-state index contributed by atoms with van der Waals surface area (Å²) in [5.74, 6) is 0.547. The summed E-state index contributed by atoms with van der Waals surface area (Å²) in [4.78, 5) is 11.5. The van der Waals surface area contributed by atoms with Gasteiger partial charge in [-0.2, -0.15) is 0 Å². The van der Waals surface area contributed by atoms with Gasteiger partial charge in [-0.05, 0) is 17.5 Å². The highest BCUT2D eigenvalue weighted by Gasteiger charge is 2.25. The molecule has 0 aromatic heterocycles. The van der Waals surface area contributed by atoms with Crippen LogP contribution in [0, 0.1) is 0 Å².